The second kappa shape index (κ2) is 12.7. The van der Waals surface area contributed by atoms with Crippen LogP contribution in [0.4, 0.5) is 0 Å². The van der Waals surface area contributed by atoms with Crippen molar-refractivity contribution >= 4 is 67.0 Å². The maximum atomic E-state index is 11.6. The summed E-state index contributed by atoms with van der Waals surface area (Å²) < 4.78 is 18.9. The van der Waals surface area contributed by atoms with Gasteiger partial charge in [0.15, 0.2) is 0 Å². The van der Waals surface area contributed by atoms with Crippen molar-refractivity contribution in [2.75, 3.05) is 13.1 Å². The van der Waals surface area contributed by atoms with E-state index in [4.69, 9.17) is 26.1 Å². The molecule has 14 nitrogen and oxygen atoms in total. The third kappa shape index (κ3) is 6.15. The number of amides is 2. The molecule has 8 rings (SSSR count). The molecule has 6 aromatic rings. The molecule has 0 unspecified atom stereocenters. The van der Waals surface area contributed by atoms with E-state index in [2.05, 4.69) is 36.8 Å². The molecule has 48 heavy (non-hydrogen) atoms. The number of ether oxygens (including phenoxy) is 2. The quantitative estimate of drug-likeness (QED) is 0.236. The number of carbonyl (C=O) groups excluding carboxylic acids is 2. The van der Waals surface area contributed by atoms with Gasteiger partial charge in [0, 0.05) is 65.0 Å². The highest BCUT2D eigenvalue weighted by Crippen LogP contribution is 2.36. The van der Waals surface area contributed by atoms with Gasteiger partial charge >= 0.3 is 0 Å². The van der Waals surface area contributed by atoms with Gasteiger partial charge in [0.05, 0.1) is 50.7 Å². The Bertz CT molecular complexity index is 2170. The van der Waals surface area contributed by atoms with Gasteiger partial charge in [-0.1, -0.05) is 11.6 Å². The van der Waals surface area contributed by atoms with Crippen molar-refractivity contribution in [2.45, 2.75) is 38.9 Å². The molecule has 2 aliphatic rings. The molecule has 0 spiro atoms. The Morgan fingerprint density at radius 3 is 1.96 bits per heavy atom. The number of fused-ring (bicyclic) bond motifs is 3. The second-order valence-electron chi connectivity index (χ2n) is 12.3. The van der Waals surface area contributed by atoms with Crippen molar-refractivity contribution in [3.05, 3.63) is 42.2 Å². The molecule has 2 amide bonds. The van der Waals surface area contributed by atoms with Crippen LogP contribution in [0.15, 0.2) is 37.1 Å². The molecule has 250 valence electrons. The Hall–Kier alpha value is -4.76. The van der Waals surface area contributed by atoms with E-state index >= 15 is 0 Å². The minimum atomic E-state index is -0.133. The standard InChI is InChI=1S/C19H20N6O2S.C13H15ClN4O2/c1-10(11-4-17(26)20-7-11)27-19-18-13(21-9-24(18)2)5-12(23-19)15-6-14-16(28-15)8-22-25(14)3;1-7(8-3-11(19)15-5-8)20-13-12-9(4-10(14)17-13)16-6-18(12)2/h5-6,8-11H,4,7H2,1-3H3,(H,20,26);4,6-8H,3,5H2,1-2H3,(H,15,19)/t10-,11-;7-,8-/m11/s1. The van der Waals surface area contributed by atoms with Crippen LogP contribution in [0.3, 0.4) is 0 Å². The van der Waals surface area contributed by atoms with Crippen LogP contribution in [0.2, 0.25) is 5.15 Å². The molecule has 4 atom stereocenters. The first kappa shape index (κ1) is 31.8. The summed E-state index contributed by atoms with van der Waals surface area (Å²) >= 11 is 7.64. The third-order valence-corrected chi connectivity index (χ3v) is 10.2. The molecular weight excluding hydrogens is 656 g/mol. The second-order valence-corrected chi connectivity index (χ2v) is 13.8. The lowest BCUT2D eigenvalue weighted by atomic mass is 10.0. The molecule has 16 heteroatoms. The van der Waals surface area contributed by atoms with Crippen LogP contribution in [-0.2, 0) is 30.7 Å². The van der Waals surface area contributed by atoms with E-state index in [1.165, 1.54) is 0 Å². The predicted molar refractivity (Wildman–Crippen MR) is 182 cm³/mol. The Balaban J connectivity index is 0.000000161. The number of carbonyl (C=O) groups is 2. The zero-order valence-electron chi connectivity index (χ0n) is 27.1. The molecule has 8 heterocycles. The van der Waals surface area contributed by atoms with Gasteiger partial charge < -0.3 is 29.2 Å². The van der Waals surface area contributed by atoms with Gasteiger partial charge in [-0.2, -0.15) is 10.1 Å². The number of halogens is 1. The largest absolute Gasteiger partial charge is 0.473 e. The van der Waals surface area contributed by atoms with E-state index in [9.17, 15) is 9.59 Å². The Kier molecular flexibility index (Phi) is 8.41. The number of thiophene rings is 1. The van der Waals surface area contributed by atoms with E-state index in [0.717, 1.165) is 42.9 Å². The average molecular weight is 691 g/mol. The van der Waals surface area contributed by atoms with Crippen molar-refractivity contribution in [1.82, 2.24) is 49.5 Å². The first-order valence-electron chi connectivity index (χ1n) is 15.6. The van der Waals surface area contributed by atoms with Crippen LogP contribution in [-0.4, -0.2) is 76.0 Å². The monoisotopic (exact) mass is 690 g/mol. The van der Waals surface area contributed by atoms with E-state index in [1.54, 1.807) is 30.1 Å². The van der Waals surface area contributed by atoms with E-state index < -0.39 is 0 Å². The first-order chi connectivity index (χ1) is 23.0. The highest BCUT2D eigenvalue weighted by atomic mass is 35.5. The zero-order chi connectivity index (χ0) is 33.7. The van der Waals surface area contributed by atoms with E-state index in [1.807, 2.05) is 61.1 Å². The van der Waals surface area contributed by atoms with Gasteiger partial charge in [0.25, 0.3) is 0 Å². The Morgan fingerprint density at radius 1 is 0.854 bits per heavy atom. The van der Waals surface area contributed by atoms with E-state index in [-0.39, 0.29) is 35.9 Å². The summed E-state index contributed by atoms with van der Waals surface area (Å²) in [6, 6.07) is 5.79. The number of rotatable bonds is 7. The molecule has 0 radical (unpaired) electrons. The molecule has 2 fully saturated rings. The topological polar surface area (TPSA) is 156 Å². The molecule has 2 N–H and O–H groups in total. The van der Waals surface area contributed by atoms with Gasteiger partial charge in [0.2, 0.25) is 23.6 Å². The van der Waals surface area contributed by atoms with Crippen LogP contribution in [0, 0.1) is 11.8 Å². The smallest absolute Gasteiger partial charge is 0.241 e. The molecule has 0 saturated carbocycles. The van der Waals surface area contributed by atoms with Crippen molar-refractivity contribution in [3.63, 3.8) is 0 Å². The molecule has 0 bridgehead atoms. The molecular formula is C32H35ClN10O4S. The minimum absolute atomic E-state index is 0.0650. The van der Waals surface area contributed by atoms with E-state index in [0.29, 0.717) is 42.8 Å². The fourth-order valence-corrected chi connectivity index (χ4v) is 7.26. The fraction of sp³-hybridized carbons (Fsp3) is 0.406. The summed E-state index contributed by atoms with van der Waals surface area (Å²) in [6.45, 7) is 5.20. The first-order valence-corrected chi connectivity index (χ1v) is 16.8. The normalized spacial score (nSPS) is 19.0. The zero-order valence-corrected chi connectivity index (χ0v) is 28.7. The van der Waals surface area contributed by atoms with Crippen molar-refractivity contribution in [2.24, 2.45) is 33.0 Å². The molecule has 2 saturated heterocycles. The Labute approximate surface area is 284 Å². The highest BCUT2D eigenvalue weighted by molar-refractivity contribution is 7.22. The maximum Gasteiger partial charge on any atom is 0.241 e. The minimum Gasteiger partial charge on any atom is -0.473 e. The number of hydrogen-bond acceptors (Lipinski definition) is 10. The summed E-state index contributed by atoms with van der Waals surface area (Å²) in [5.41, 5.74) is 5.15. The van der Waals surface area contributed by atoms with Crippen molar-refractivity contribution in [1.29, 1.82) is 0 Å². The summed E-state index contributed by atoms with van der Waals surface area (Å²) in [4.78, 5) is 41.7. The Morgan fingerprint density at radius 2 is 1.42 bits per heavy atom. The summed E-state index contributed by atoms with van der Waals surface area (Å²) in [5, 5.41) is 10.3. The summed E-state index contributed by atoms with van der Waals surface area (Å²) in [7, 11) is 5.74. The van der Waals surface area contributed by atoms with Gasteiger partial charge in [0.1, 0.15) is 28.4 Å². The van der Waals surface area contributed by atoms with Gasteiger partial charge in [-0.25, -0.2) is 15.0 Å². The average Bonchev–Trinajstić information content (AvgIpc) is 3.89. The van der Waals surface area contributed by atoms with Gasteiger partial charge in [-0.05, 0) is 26.0 Å². The van der Waals surface area contributed by atoms with Crippen molar-refractivity contribution < 1.29 is 19.1 Å². The lowest BCUT2D eigenvalue weighted by Crippen LogP contribution is -2.26. The lowest BCUT2D eigenvalue weighted by Gasteiger charge is -2.20. The number of pyridine rings is 2. The fourth-order valence-electron chi connectivity index (χ4n) is 6.07. The number of hydrogen-bond donors (Lipinski definition) is 2. The van der Waals surface area contributed by atoms with Crippen LogP contribution in [0.1, 0.15) is 26.7 Å². The van der Waals surface area contributed by atoms with Crippen LogP contribution < -0.4 is 20.1 Å². The SMILES string of the molecule is C[C@@H](Oc1nc(-c2cc3c(cnn3C)s2)cc2ncn(C)c12)[C@H]1CNC(=O)C1.C[C@@H](Oc1nc(Cl)cc2ncn(C)c12)[C@H]1CNC(=O)C1. The maximum absolute atomic E-state index is 11.6. The molecule has 2 aliphatic heterocycles. The third-order valence-electron chi connectivity index (χ3n) is 8.93. The number of nitrogens with zero attached hydrogens (tertiary/aromatic N) is 8. The molecule has 6 aromatic heterocycles. The predicted octanol–water partition coefficient (Wildman–Crippen LogP) is 4.01. The summed E-state index contributed by atoms with van der Waals surface area (Å²) in [5.74, 6) is 1.43. The van der Waals surface area contributed by atoms with Crippen LogP contribution >= 0.6 is 22.9 Å². The highest BCUT2D eigenvalue weighted by Gasteiger charge is 2.30. The van der Waals surface area contributed by atoms with Crippen LogP contribution in [0.25, 0.3) is 42.9 Å². The lowest BCUT2D eigenvalue weighted by molar-refractivity contribution is -0.120. The molecule has 0 aromatic carbocycles. The van der Waals surface area contributed by atoms with Gasteiger partial charge in [-0.15, -0.1) is 11.3 Å². The number of aryl methyl sites for hydroxylation is 3. The number of aromatic nitrogens is 8. The van der Waals surface area contributed by atoms with Crippen molar-refractivity contribution in [3.8, 4) is 22.3 Å². The summed E-state index contributed by atoms with van der Waals surface area (Å²) in [6.07, 6.45) is 6.04. The number of imidazole rings is 2. The van der Waals surface area contributed by atoms with Gasteiger partial charge in [-0.3, -0.25) is 14.3 Å². The van der Waals surface area contributed by atoms with Crippen LogP contribution in [0.5, 0.6) is 11.8 Å². The number of nitrogens with one attached hydrogen (secondary N) is 2. The molecule has 0 aliphatic carbocycles.